The Morgan fingerprint density at radius 2 is 2.00 bits per heavy atom. The summed E-state index contributed by atoms with van der Waals surface area (Å²) in [6.45, 7) is 9.65. The second-order valence-corrected chi connectivity index (χ2v) is 5.59. The summed E-state index contributed by atoms with van der Waals surface area (Å²) in [6, 6.07) is 0. The van der Waals surface area contributed by atoms with Gasteiger partial charge in [0, 0.05) is 31.7 Å². The first kappa shape index (κ1) is 10.4. The van der Waals surface area contributed by atoms with Crippen LogP contribution in [-0.2, 0) is 0 Å². The molecule has 2 aliphatic rings. The van der Waals surface area contributed by atoms with Crippen molar-refractivity contribution in [2.24, 2.45) is 5.92 Å². The lowest BCUT2D eigenvalue weighted by Crippen LogP contribution is -2.58. The van der Waals surface area contributed by atoms with E-state index in [1.54, 1.807) is 0 Å². The van der Waals surface area contributed by atoms with Crippen LogP contribution in [0.1, 0.15) is 39.5 Å². The third-order valence-corrected chi connectivity index (χ3v) is 3.93. The van der Waals surface area contributed by atoms with Crippen LogP contribution in [0.2, 0.25) is 0 Å². The van der Waals surface area contributed by atoms with Gasteiger partial charge in [-0.25, -0.2) is 0 Å². The van der Waals surface area contributed by atoms with Gasteiger partial charge in [0.25, 0.3) is 0 Å². The number of nitrogens with zero attached hydrogens (tertiary/aromatic N) is 1. The molecule has 0 unspecified atom stereocenters. The highest BCUT2D eigenvalue weighted by molar-refractivity contribution is 4.89. The molecule has 0 radical (unpaired) electrons. The van der Waals surface area contributed by atoms with Crippen LogP contribution in [0, 0.1) is 5.92 Å². The maximum atomic E-state index is 3.49. The Labute approximate surface area is 88.1 Å². The summed E-state index contributed by atoms with van der Waals surface area (Å²) in [5, 5.41) is 3.49. The zero-order valence-electron chi connectivity index (χ0n) is 9.68. The van der Waals surface area contributed by atoms with Gasteiger partial charge in [-0.3, -0.25) is 4.90 Å². The van der Waals surface area contributed by atoms with Crippen LogP contribution in [0.3, 0.4) is 0 Å². The van der Waals surface area contributed by atoms with Gasteiger partial charge in [0.05, 0.1) is 0 Å². The molecule has 2 rings (SSSR count). The molecule has 2 nitrogen and oxygen atoms in total. The molecule has 0 aromatic carbocycles. The Hall–Kier alpha value is -0.0800. The van der Waals surface area contributed by atoms with Crippen LogP contribution < -0.4 is 5.32 Å². The first-order valence-corrected chi connectivity index (χ1v) is 6.14. The van der Waals surface area contributed by atoms with Gasteiger partial charge < -0.3 is 5.32 Å². The van der Waals surface area contributed by atoms with Crippen molar-refractivity contribution >= 4 is 0 Å². The Balaban J connectivity index is 1.88. The quantitative estimate of drug-likeness (QED) is 0.725. The number of hydrogen-bond donors (Lipinski definition) is 1. The van der Waals surface area contributed by atoms with Crippen molar-refractivity contribution in [3.05, 3.63) is 0 Å². The smallest absolute Gasteiger partial charge is 0.0278 e. The van der Waals surface area contributed by atoms with Gasteiger partial charge in [-0.2, -0.15) is 0 Å². The third-order valence-electron chi connectivity index (χ3n) is 3.93. The van der Waals surface area contributed by atoms with Gasteiger partial charge in [-0.05, 0) is 32.6 Å². The molecule has 14 heavy (non-hydrogen) atoms. The fourth-order valence-electron chi connectivity index (χ4n) is 2.87. The van der Waals surface area contributed by atoms with Gasteiger partial charge in [-0.15, -0.1) is 0 Å². The fraction of sp³-hybridized carbons (Fsp3) is 1.00. The molecule has 1 heterocycles. The van der Waals surface area contributed by atoms with Crippen LogP contribution in [0.25, 0.3) is 0 Å². The molecule has 1 saturated heterocycles. The standard InChI is InChI=1S/C12H24N2/c1-12(2)10-13-7-8-14(12)9-11-5-3-4-6-11/h11,13H,3-10H2,1-2H3. The van der Waals surface area contributed by atoms with Crippen molar-refractivity contribution in [3.8, 4) is 0 Å². The van der Waals surface area contributed by atoms with E-state index >= 15 is 0 Å². The van der Waals surface area contributed by atoms with E-state index in [0.717, 1.165) is 12.5 Å². The predicted molar refractivity (Wildman–Crippen MR) is 60.5 cm³/mol. The molecule has 0 aromatic heterocycles. The monoisotopic (exact) mass is 196 g/mol. The van der Waals surface area contributed by atoms with Gasteiger partial charge >= 0.3 is 0 Å². The highest BCUT2D eigenvalue weighted by Crippen LogP contribution is 2.28. The van der Waals surface area contributed by atoms with Crippen LogP contribution in [0.4, 0.5) is 0 Å². The van der Waals surface area contributed by atoms with Crippen molar-refractivity contribution in [3.63, 3.8) is 0 Å². The molecule has 2 fully saturated rings. The third kappa shape index (κ3) is 2.29. The Morgan fingerprint density at radius 3 is 2.64 bits per heavy atom. The lowest BCUT2D eigenvalue weighted by atomic mass is 9.97. The zero-order valence-corrected chi connectivity index (χ0v) is 9.68. The summed E-state index contributed by atoms with van der Waals surface area (Å²) < 4.78 is 0. The minimum atomic E-state index is 0.376. The maximum absolute atomic E-state index is 3.49. The van der Waals surface area contributed by atoms with Crippen molar-refractivity contribution in [1.82, 2.24) is 10.2 Å². The van der Waals surface area contributed by atoms with Crippen molar-refractivity contribution in [2.45, 2.75) is 45.1 Å². The van der Waals surface area contributed by atoms with E-state index in [9.17, 15) is 0 Å². The summed E-state index contributed by atoms with van der Waals surface area (Å²) in [7, 11) is 0. The molecular weight excluding hydrogens is 172 g/mol. The van der Waals surface area contributed by atoms with Gasteiger partial charge in [0.1, 0.15) is 0 Å². The minimum Gasteiger partial charge on any atom is -0.314 e. The van der Waals surface area contributed by atoms with E-state index in [-0.39, 0.29) is 0 Å². The van der Waals surface area contributed by atoms with Crippen molar-refractivity contribution < 1.29 is 0 Å². The SMILES string of the molecule is CC1(C)CNCCN1CC1CCCC1. The topological polar surface area (TPSA) is 15.3 Å². The Bertz CT molecular complexity index is 183. The van der Waals surface area contributed by atoms with E-state index in [4.69, 9.17) is 0 Å². The summed E-state index contributed by atoms with van der Waals surface area (Å²) >= 11 is 0. The van der Waals surface area contributed by atoms with Crippen LogP contribution in [0.5, 0.6) is 0 Å². The Morgan fingerprint density at radius 1 is 1.29 bits per heavy atom. The van der Waals surface area contributed by atoms with Crippen molar-refractivity contribution in [1.29, 1.82) is 0 Å². The molecule has 0 aromatic rings. The highest BCUT2D eigenvalue weighted by atomic mass is 15.2. The lowest BCUT2D eigenvalue weighted by Gasteiger charge is -2.44. The number of nitrogens with one attached hydrogen (secondary N) is 1. The lowest BCUT2D eigenvalue weighted by molar-refractivity contribution is 0.0736. The van der Waals surface area contributed by atoms with E-state index in [0.29, 0.717) is 5.54 Å². The zero-order chi connectivity index (χ0) is 10.0. The molecule has 0 atom stereocenters. The molecule has 0 amide bonds. The van der Waals surface area contributed by atoms with E-state index in [1.807, 2.05) is 0 Å². The minimum absolute atomic E-state index is 0.376. The number of rotatable bonds is 2. The molecule has 1 aliphatic heterocycles. The predicted octanol–water partition coefficient (Wildman–Crippen LogP) is 1.86. The molecular formula is C12H24N2. The van der Waals surface area contributed by atoms with E-state index in [2.05, 4.69) is 24.1 Å². The van der Waals surface area contributed by atoms with Gasteiger partial charge in [-0.1, -0.05) is 12.8 Å². The molecule has 1 N–H and O–H groups in total. The van der Waals surface area contributed by atoms with E-state index in [1.165, 1.54) is 45.3 Å². The Kier molecular flexibility index (Phi) is 3.13. The summed E-state index contributed by atoms with van der Waals surface area (Å²) in [4.78, 5) is 2.69. The van der Waals surface area contributed by atoms with Crippen LogP contribution >= 0.6 is 0 Å². The van der Waals surface area contributed by atoms with Crippen molar-refractivity contribution in [2.75, 3.05) is 26.2 Å². The highest BCUT2D eigenvalue weighted by Gasteiger charge is 2.31. The van der Waals surface area contributed by atoms with Crippen LogP contribution in [-0.4, -0.2) is 36.6 Å². The average Bonchev–Trinajstić information content (AvgIpc) is 2.61. The second kappa shape index (κ2) is 4.19. The molecule has 0 bridgehead atoms. The molecule has 0 spiro atoms. The van der Waals surface area contributed by atoms with Crippen LogP contribution in [0.15, 0.2) is 0 Å². The molecule has 1 saturated carbocycles. The largest absolute Gasteiger partial charge is 0.314 e. The normalized spacial score (nSPS) is 29.6. The number of piperazine rings is 1. The molecule has 1 aliphatic carbocycles. The van der Waals surface area contributed by atoms with E-state index < -0.39 is 0 Å². The maximum Gasteiger partial charge on any atom is 0.0278 e. The summed E-state index contributed by atoms with van der Waals surface area (Å²) in [5.41, 5.74) is 0.376. The fourth-order valence-corrected chi connectivity index (χ4v) is 2.87. The average molecular weight is 196 g/mol. The number of hydrogen-bond acceptors (Lipinski definition) is 2. The molecule has 82 valence electrons. The second-order valence-electron chi connectivity index (χ2n) is 5.59. The first-order chi connectivity index (χ1) is 6.68. The summed E-state index contributed by atoms with van der Waals surface area (Å²) in [6.07, 6.45) is 5.88. The molecule has 2 heteroatoms. The first-order valence-electron chi connectivity index (χ1n) is 6.14. The van der Waals surface area contributed by atoms with Gasteiger partial charge in [0.2, 0.25) is 0 Å². The summed E-state index contributed by atoms with van der Waals surface area (Å²) in [5.74, 6) is 0.993. The van der Waals surface area contributed by atoms with Gasteiger partial charge in [0.15, 0.2) is 0 Å².